The van der Waals surface area contributed by atoms with E-state index in [1.807, 2.05) is 0 Å². The number of hydrogen-bond acceptors (Lipinski definition) is 5. The fraction of sp³-hybridized carbons (Fsp3) is 0.500. The van der Waals surface area contributed by atoms with E-state index in [4.69, 9.17) is 0 Å². The lowest BCUT2D eigenvalue weighted by atomic mass is 10.1. The first kappa shape index (κ1) is 17.6. The van der Waals surface area contributed by atoms with Gasteiger partial charge in [0, 0.05) is 20.0 Å². The molecule has 0 spiro atoms. The summed E-state index contributed by atoms with van der Waals surface area (Å²) in [6.07, 6.45) is -0.0644. The number of esters is 1. The molecular weight excluding hydrogens is 294 g/mol. The van der Waals surface area contributed by atoms with Crippen LogP contribution in [-0.2, 0) is 19.6 Å². The van der Waals surface area contributed by atoms with Gasteiger partial charge in [0.1, 0.15) is 0 Å². The van der Waals surface area contributed by atoms with Crippen LogP contribution in [0.25, 0.3) is 0 Å². The van der Waals surface area contributed by atoms with Gasteiger partial charge in [0.05, 0.1) is 18.1 Å². The standard InChI is InChI=1S/C14H21NO5S/c1-11(16)12-6-8-13(9-7-12)21(18,19)15(2)10-4-5-14(17)20-3/h6-9,11,16H,4-5,10H2,1-3H3. The second-order valence-corrected chi connectivity index (χ2v) is 6.80. The molecule has 1 aromatic carbocycles. The Labute approximate surface area is 125 Å². The van der Waals surface area contributed by atoms with E-state index in [1.165, 1.54) is 30.6 Å². The number of sulfonamides is 1. The normalized spacial score (nSPS) is 13.2. The lowest BCUT2D eigenvalue weighted by Crippen LogP contribution is -2.28. The molecule has 1 N–H and O–H groups in total. The first-order valence-electron chi connectivity index (χ1n) is 6.60. The quantitative estimate of drug-likeness (QED) is 0.767. The van der Waals surface area contributed by atoms with Crippen LogP contribution in [0, 0.1) is 0 Å². The van der Waals surface area contributed by atoms with Crippen LogP contribution in [0.2, 0.25) is 0 Å². The number of hydrogen-bond donors (Lipinski definition) is 1. The van der Waals surface area contributed by atoms with Crippen LogP contribution in [0.1, 0.15) is 31.4 Å². The first-order valence-corrected chi connectivity index (χ1v) is 8.04. The molecule has 7 heteroatoms. The molecular formula is C14H21NO5S. The SMILES string of the molecule is COC(=O)CCCN(C)S(=O)(=O)c1ccc(C(C)O)cc1. The van der Waals surface area contributed by atoms with Crippen molar-refractivity contribution in [2.24, 2.45) is 0 Å². The topological polar surface area (TPSA) is 83.9 Å². The monoisotopic (exact) mass is 315 g/mol. The molecule has 118 valence electrons. The minimum atomic E-state index is -3.59. The molecule has 0 aliphatic rings. The lowest BCUT2D eigenvalue weighted by molar-refractivity contribution is -0.140. The molecule has 1 atom stereocenters. The summed E-state index contributed by atoms with van der Waals surface area (Å²) in [4.78, 5) is 11.2. The zero-order chi connectivity index (χ0) is 16.0. The van der Waals surface area contributed by atoms with Crippen LogP contribution >= 0.6 is 0 Å². The molecule has 0 saturated carbocycles. The van der Waals surface area contributed by atoms with Crippen molar-refractivity contribution in [3.05, 3.63) is 29.8 Å². The molecule has 1 rings (SSSR count). The number of ether oxygens (including phenoxy) is 1. The zero-order valence-electron chi connectivity index (χ0n) is 12.4. The van der Waals surface area contributed by atoms with Gasteiger partial charge >= 0.3 is 5.97 Å². The zero-order valence-corrected chi connectivity index (χ0v) is 13.3. The number of aliphatic hydroxyl groups excluding tert-OH is 1. The van der Waals surface area contributed by atoms with Crippen LogP contribution in [0.4, 0.5) is 0 Å². The summed E-state index contributed by atoms with van der Waals surface area (Å²) in [5.41, 5.74) is 0.655. The highest BCUT2D eigenvalue weighted by molar-refractivity contribution is 7.89. The van der Waals surface area contributed by atoms with E-state index in [0.29, 0.717) is 12.0 Å². The van der Waals surface area contributed by atoms with E-state index in [-0.39, 0.29) is 23.8 Å². The van der Waals surface area contributed by atoms with E-state index < -0.39 is 16.1 Å². The maximum Gasteiger partial charge on any atom is 0.305 e. The van der Waals surface area contributed by atoms with Gasteiger partial charge in [-0.1, -0.05) is 12.1 Å². The van der Waals surface area contributed by atoms with Gasteiger partial charge in [-0.25, -0.2) is 12.7 Å². The third-order valence-electron chi connectivity index (χ3n) is 3.15. The molecule has 6 nitrogen and oxygen atoms in total. The Bertz CT molecular complexity index is 566. The van der Waals surface area contributed by atoms with E-state index in [2.05, 4.69) is 4.74 Å². The van der Waals surface area contributed by atoms with Crippen molar-refractivity contribution in [3.8, 4) is 0 Å². The number of carbonyl (C=O) groups is 1. The minimum absolute atomic E-state index is 0.160. The van der Waals surface area contributed by atoms with E-state index in [0.717, 1.165) is 0 Å². The predicted octanol–water partition coefficient (Wildman–Crippen LogP) is 1.31. The average Bonchev–Trinajstić information content (AvgIpc) is 2.46. The van der Waals surface area contributed by atoms with Crippen molar-refractivity contribution in [1.29, 1.82) is 0 Å². The molecule has 1 unspecified atom stereocenters. The summed E-state index contributed by atoms with van der Waals surface area (Å²) in [5, 5.41) is 9.41. The van der Waals surface area contributed by atoms with E-state index >= 15 is 0 Å². The van der Waals surface area contributed by atoms with Crippen LogP contribution in [-0.4, -0.2) is 44.5 Å². The average molecular weight is 315 g/mol. The highest BCUT2D eigenvalue weighted by atomic mass is 32.2. The predicted molar refractivity (Wildman–Crippen MR) is 78.1 cm³/mol. The van der Waals surface area contributed by atoms with Gasteiger partial charge in [-0.05, 0) is 31.0 Å². The fourth-order valence-electron chi connectivity index (χ4n) is 1.77. The van der Waals surface area contributed by atoms with Gasteiger partial charge in [-0.3, -0.25) is 4.79 Å². The summed E-state index contributed by atoms with van der Waals surface area (Å²) in [6.45, 7) is 1.85. The van der Waals surface area contributed by atoms with Crippen molar-refractivity contribution in [3.63, 3.8) is 0 Å². The van der Waals surface area contributed by atoms with Crippen LogP contribution in [0.3, 0.4) is 0 Å². The maximum absolute atomic E-state index is 12.3. The number of rotatable bonds is 7. The summed E-state index contributed by atoms with van der Waals surface area (Å²) in [5.74, 6) is -0.359. The Morgan fingerprint density at radius 1 is 1.33 bits per heavy atom. The second kappa shape index (κ2) is 7.53. The number of carbonyl (C=O) groups excluding carboxylic acids is 1. The van der Waals surface area contributed by atoms with Gasteiger partial charge < -0.3 is 9.84 Å². The smallest absolute Gasteiger partial charge is 0.305 e. The van der Waals surface area contributed by atoms with Gasteiger partial charge in [0.15, 0.2) is 0 Å². The summed E-state index contributed by atoms with van der Waals surface area (Å²) in [6, 6.07) is 6.10. The van der Waals surface area contributed by atoms with Crippen LogP contribution in [0.15, 0.2) is 29.2 Å². The molecule has 0 aliphatic heterocycles. The number of benzene rings is 1. The molecule has 0 aromatic heterocycles. The largest absolute Gasteiger partial charge is 0.469 e. The Hall–Kier alpha value is -1.44. The molecule has 0 heterocycles. The Kier molecular flexibility index (Phi) is 6.32. The van der Waals surface area contributed by atoms with Gasteiger partial charge in [0.25, 0.3) is 0 Å². The highest BCUT2D eigenvalue weighted by Crippen LogP contribution is 2.18. The molecule has 0 amide bonds. The fourth-order valence-corrected chi connectivity index (χ4v) is 2.98. The van der Waals surface area contributed by atoms with Crippen LogP contribution < -0.4 is 0 Å². The third kappa shape index (κ3) is 4.80. The summed E-state index contributed by atoms with van der Waals surface area (Å²) in [7, 11) is -0.821. The molecule has 0 radical (unpaired) electrons. The molecule has 0 saturated heterocycles. The summed E-state index contributed by atoms with van der Waals surface area (Å²) < 4.78 is 30.3. The Balaban J connectivity index is 2.73. The minimum Gasteiger partial charge on any atom is -0.469 e. The van der Waals surface area contributed by atoms with Crippen molar-refractivity contribution < 1.29 is 23.1 Å². The molecule has 21 heavy (non-hydrogen) atoms. The third-order valence-corrected chi connectivity index (χ3v) is 5.02. The summed E-state index contributed by atoms with van der Waals surface area (Å²) >= 11 is 0. The van der Waals surface area contributed by atoms with E-state index in [1.54, 1.807) is 19.1 Å². The highest BCUT2D eigenvalue weighted by Gasteiger charge is 2.20. The van der Waals surface area contributed by atoms with Gasteiger partial charge in [-0.15, -0.1) is 0 Å². The van der Waals surface area contributed by atoms with Crippen molar-refractivity contribution in [2.45, 2.75) is 30.8 Å². The van der Waals surface area contributed by atoms with Gasteiger partial charge in [0.2, 0.25) is 10.0 Å². The van der Waals surface area contributed by atoms with Crippen LogP contribution in [0.5, 0.6) is 0 Å². The number of nitrogens with zero attached hydrogens (tertiary/aromatic N) is 1. The van der Waals surface area contributed by atoms with Crippen molar-refractivity contribution in [1.82, 2.24) is 4.31 Å². The second-order valence-electron chi connectivity index (χ2n) is 4.75. The Morgan fingerprint density at radius 3 is 2.38 bits per heavy atom. The molecule has 0 aliphatic carbocycles. The molecule has 0 fully saturated rings. The molecule has 0 bridgehead atoms. The number of aliphatic hydroxyl groups is 1. The maximum atomic E-state index is 12.3. The first-order chi connectivity index (χ1) is 9.78. The van der Waals surface area contributed by atoms with Crippen molar-refractivity contribution >= 4 is 16.0 Å². The Morgan fingerprint density at radius 2 is 1.90 bits per heavy atom. The molecule has 1 aromatic rings. The lowest BCUT2D eigenvalue weighted by Gasteiger charge is -2.17. The van der Waals surface area contributed by atoms with Gasteiger partial charge in [-0.2, -0.15) is 0 Å². The van der Waals surface area contributed by atoms with E-state index in [9.17, 15) is 18.3 Å². The van der Waals surface area contributed by atoms with Crippen molar-refractivity contribution in [2.75, 3.05) is 20.7 Å². The number of methoxy groups -OCH3 is 1.